The van der Waals surface area contributed by atoms with Crippen molar-refractivity contribution >= 4 is 45.9 Å². The standard InChI is InChI=1S/C19H15Cl2N3O/c1-11(2)25-18-14(20)8-12(9-15(18)21)7-13(10-22)19-23-16-5-3-4-6-17(16)24-19/h3-9,11H,1-2H3,(H,23,24)/b13-7-. The van der Waals surface area contributed by atoms with Gasteiger partial charge in [0.1, 0.15) is 11.9 Å². The first-order valence-corrected chi connectivity index (χ1v) is 8.46. The number of nitriles is 1. The summed E-state index contributed by atoms with van der Waals surface area (Å²) in [6.45, 7) is 3.80. The van der Waals surface area contributed by atoms with Crippen molar-refractivity contribution in [2.45, 2.75) is 20.0 Å². The molecule has 1 heterocycles. The minimum Gasteiger partial charge on any atom is -0.488 e. The zero-order valence-electron chi connectivity index (χ0n) is 13.7. The van der Waals surface area contributed by atoms with Crippen molar-refractivity contribution in [2.24, 2.45) is 0 Å². The van der Waals surface area contributed by atoms with E-state index in [1.807, 2.05) is 38.1 Å². The van der Waals surface area contributed by atoms with E-state index in [2.05, 4.69) is 16.0 Å². The summed E-state index contributed by atoms with van der Waals surface area (Å²) in [7, 11) is 0. The Hall–Kier alpha value is -2.48. The third-order valence-electron chi connectivity index (χ3n) is 3.45. The minimum atomic E-state index is -0.0402. The smallest absolute Gasteiger partial charge is 0.156 e. The molecule has 0 aliphatic rings. The summed E-state index contributed by atoms with van der Waals surface area (Å²) in [5.41, 5.74) is 2.76. The van der Waals surface area contributed by atoms with E-state index in [4.69, 9.17) is 27.9 Å². The van der Waals surface area contributed by atoms with E-state index in [-0.39, 0.29) is 6.10 Å². The molecule has 0 bridgehead atoms. The third kappa shape index (κ3) is 3.79. The van der Waals surface area contributed by atoms with Crippen LogP contribution in [0.2, 0.25) is 10.0 Å². The van der Waals surface area contributed by atoms with Crippen molar-refractivity contribution in [1.82, 2.24) is 9.97 Å². The summed E-state index contributed by atoms with van der Waals surface area (Å²) in [4.78, 5) is 7.59. The lowest BCUT2D eigenvalue weighted by Crippen LogP contribution is -2.06. The number of hydrogen-bond acceptors (Lipinski definition) is 3. The predicted molar refractivity (Wildman–Crippen MR) is 102 cm³/mol. The Morgan fingerprint density at radius 1 is 1.24 bits per heavy atom. The number of H-pyrrole nitrogens is 1. The lowest BCUT2D eigenvalue weighted by molar-refractivity contribution is 0.243. The number of rotatable bonds is 4. The summed E-state index contributed by atoms with van der Waals surface area (Å²) in [6.07, 6.45) is 1.65. The molecule has 0 aliphatic carbocycles. The Morgan fingerprint density at radius 2 is 1.92 bits per heavy atom. The highest BCUT2D eigenvalue weighted by Crippen LogP contribution is 2.36. The number of aromatic nitrogens is 2. The van der Waals surface area contributed by atoms with Crippen LogP contribution >= 0.6 is 23.2 Å². The van der Waals surface area contributed by atoms with Crippen molar-refractivity contribution in [1.29, 1.82) is 5.26 Å². The summed E-state index contributed by atoms with van der Waals surface area (Å²) >= 11 is 12.5. The molecule has 2 aromatic carbocycles. The molecule has 0 amide bonds. The van der Waals surface area contributed by atoms with E-state index in [0.717, 1.165) is 11.0 Å². The molecule has 3 rings (SSSR count). The Kier molecular flexibility index (Phi) is 4.98. The Bertz CT molecular complexity index is 943. The number of nitrogens with zero attached hydrogens (tertiary/aromatic N) is 2. The molecule has 0 saturated carbocycles. The van der Waals surface area contributed by atoms with Crippen LogP contribution in [-0.2, 0) is 0 Å². The number of imidazole rings is 1. The predicted octanol–water partition coefficient (Wildman–Crippen LogP) is 5.72. The minimum absolute atomic E-state index is 0.0402. The van der Waals surface area contributed by atoms with E-state index >= 15 is 0 Å². The summed E-state index contributed by atoms with van der Waals surface area (Å²) in [5.74, 6) is 0.941. The monoisotopic (exact) mass is 371 g/mol. The highest BCUT2D eigenvalue weighted by Gasteiger charge is 2.12. The van der Waals surface area contributed by atoms with Crippen molar-refractivity contribution in [3.63, 3.8) is 0 Å². The normalized spacial score (nSPS) is 11.8. The van der Waals surface area contributed by atoms with E-state index in [0.29, 0.717) is 32.8 Å². The zero-order chi connectivity index (χ0) is 18.0. The molecule has 25 heavy (non-hydrogen) atoms. The molecule has 4 nitrogen and oxygen atoms in total. The molecule has 6 heteroatoms. The third-order valence-corrected chi connectivity index (χ3v) is 4.01. The topological polar surface area (TPSA) is 61.7 Å². The van der Waals surface area contributed by atoms with Gasteiger partial charge in [-0.05, 0) is 49.8 Å². The first kappa shape index (κ1) is 17.3. The van der Waals surface area contributed by atoms with Crippen molar-refractivity contribution in [2.75, 3.05) is 0 Å². The second kappa shape index (κ2) is 7.18. The number of benzene rings is 2. The number of hydrogen-bond donors (Lipinski definition) is 1. The second-order valence-electron chi connectivity index (χ2n) is 5.75. The molecule has 0 radical (unpaired) electrons. The highest BCUT2D eigenvalue weighted by atomic mass is 35.5. The molecule has 3 aromatic rings. The SMILES string of the molecule is CC(C)Oc1c(Cl)cc(/C=C(/C#N)c2nc3ccccc3[nH]2)cc1Cl. The van der Waals surface area contributed by atoms with Gasteiger partial charge in [0.25, 0.3) is 0 Å². The second-order valence-corrected chi connectivity index (χ2v) is 6.57. The molecule has 1 N–H and O–H groups in total. The lowest BCUT2D eigenvalue weighted by atomic mass is 10.1. The molecule has 126 valence electrons. The number of ether oxygens (including phenoxy) is 1. The average Bonchev–Trinajstić information content (AvgIpc) is 2.99. The van der Waals surface area contributed by atoms with Gasteiger partial charge >= 0.3 is 0 Å². The summed E-state index contributed by atoms with van der Waals surface area (Å²) < 4.78 is 5.62. The Morgan fingerprint density at radius 3 is 2.52 bits per heavy atom. The van der Waals surface area contributed by atoms with Gasteiger partial charge in [-0.3, -0.25) is 0 Å². The first-order chi connectivity index (χ1) is 12.0. The van der Waals surface area contributed by atoms with Crippen LogP contribution in [0.4, 0.5) is 0 Å². The molecule has 0 fully saturated rings. The van der Waals surface area contributed by atoms with E-state index in [9.17, 15) is 5.26 Å². The Balaban J connectivity index is 2.01. The van der Waals surface area contributed by atoms with Gasteiger partial charge in [0.15, 0.2) is 5.75 Å². The van der Waals surface area contributed by atoms with Crippen LogP contribution in [0.1, 0.15) is 25.2 Å². The number of para-hydroxylation sites is 2. The van der Waals surface area contributed by atoms with Gasteiger partial charge < -0.3 is 9.72 Å². The van der Waals surface area contributed by atoms with E-state index in [1.54, 1.807) is 18.2 Å². The highest BCUT2D eigenvalue weighted by molar-refractivity contribution is 6.37. The van der Waals surface area contributed by atoms with Crippen LogP contribution in [0, 0.1) is 11.3 Å². The van der Waals surface area contributed by atoms with Crippen LogP contribution in [0.15, 0.2) is 36.4 Å². The maximum Gasteiger partial charge on any atom is 0.156 e. The van der Waals surface area contributed by atoms with Crippen LogP contribution in [0.25, 0.3) is 22.7 Å². The molecule has 0 saturated heterocycles. The number of aromatic amines is 1. The molecular weight excluding hydrogens is 357 g/mol. The lowest BCUT2D eigenvalue weighted by Gasteiger charge is -2.13. The van der Waals surface area contributed by atoms with Crippen molar-refractivity contribution in [3.8, 4) is 11.8 Å². The molecular formula is C19H15Cl2N3O. The first-order valence-electron chi connectivity index (χ1n) is 7.70. The zero-order valence-corrected chi connectivity index (χ0v) is 15.2. The van der Waals surface area contributed by atoms with E-state index < -0.39 is 0 Å². The van der Waals surface area contributed by atoms with Crippen molar-refractivity contribution < 1.29 is 4.74 Å². The van der Waals surface area contributed by atoms with Gasteiger partial charge in [0, 0.05) is 0 Å². The van der Waals surface area contributed by atoms with Crippen LogP contribution in [-0.4, -0.2) is 16.1 Å². The number of nitrogens with one attached hydrogen (secondary N) is 1. The molecule has 0 aliphatic heterocycles. The maximum absolute atomic E-state index is 9.51. The largest absolute Gasteiger partial charge is 0.488 e. The molecule has 0 atom stereocenters. The average molecular weight is 372 g/mol. The number of halogens is 2. The van der Waals surface area contributed by atoms with E-state index in [1.165, 1.54) is 0 Å². The van der Waals surface area contributed by atoms with Gasteiger partial charge in [-0.1, -0.05) is 35.3 Å². The maximum atomic E-state index is 9.51. The fourth-order valence-electron chi connectivity index (χ4n) is 2.41. The summed E-state index contributed by atoms with van der Waals surface area (Å²) in [6, 6.07) is 13.2. The van der Waals surface area contributed by atoms with Crippen LogP contribution in [0.5, 0.6) is 5.75 Å². The van der Waals surface area contributed by atoms with Gasteiger partial charge in [-0.25, -0.2) is 4.98 Å². The number of fused-ring (bicyclic) bond motifs is 1. The van der Waals surface area contributed by atoms with Crippen LogP contribution in [0.3, 0.4) is 0 Å². The van der Waals surface area contributed by atoms with Crippen molar-refractivity contribution in [3.05, 3.63) is 57.8 Å². The van der Waals surface area contributed by atoms with Crippen LogP contribution < -0.4 is 4.74 Å². The van der Waals surface area contributed by atoms with Gasteiger partial charge in [0.2, 0.25) is 0 Å². The molecule has 0 spiro atoms. The summed E-state index contributed by atoms with van der Waals surface area (Å²) in [5, 5.41) is 10.3. The quantitative estimate of drug-likeness (QED) is 0.596. The fourth-order valence-corrected chi connectivity index (χ4v) is 3.00. The van der Waals surface area contributed by atoms with Gasteiger partial charge in [-0.15, -0.1) is 0 Å². The van der Waals surface area contributed by atoms with Gasteiger partial charge in [-0.2, -0.15) is 5.26 Å². The number of allylic oxidation sites excluding steroid dienone is 1. The fraction of sp³-hybridized carbons (Fsp3) is 0.158. The molecule has 1 aromatic heterocycles. The van der Waals surface area contributed by atoms with Gasteiger partial charge in [0.05, 0.1) is 32.8 Å². The molecule has 0 unspecified atom stereocenters. The Labute approximate surface area is 155 Å².